The maximum atomic E-state index is 11.2. The molecular weight excluding hydrogens is 188 g/mol. The lowest BCUT2D eigenvalue weighted by Gasteiger charge is -2.06. The van der Waals surface area contributed by atoms with Gasteiger partial charge in [0.25, 0.3) is 0 Å². The topological polar surface area (TPSA) is 49.4 Å². The molecule has 0 atom stereocenters. The van der Waals surface area contributed by atoms with E-state index >= 15 is 0 Å². The molecule has 0 aliphatic rings. The minimum Gasteiger partial charge on any atom is -0.306 e. The highest BCUT2D eigenvalue weighted by Gasteiger charge is 2.05. The number of hydrogen-bond donors (Lipinski definition) is 1. The van der Waals surface area contributed by atoms with Crippen molar-refractivity contribution in [2.75, 3.05) is 20.6 Å². The molecule has 0 fully saturated rings. The molecule has 0 saturated carbocycles. The summed E-state index contributed by atoms with van der Waals surface area (Å²) in [7, 11) is 0.530. The lowest BCUT2D eigenvalue weighted by molar-refractivity contribution is 0.456. The van der Waals surface area contributed by atoms with Crippen LogP contribution >= 0.6 is 0 Å². The van der Waals surface area contributed by atoms with Gasteiger partial charge in [-0.05, 0) is 27.9 Å². The van der Waals surface area contributed by atoms with E-state index in [9.17, 15) is 8.42 Å². The van der Waals surface area contributed by atoms with Gasteiger partial charge in [-0.15, -0.1) is 0 Å². The maximum absolute atomic E-state index is 11.2. The highest BCUT2D eigenvalue weighted by Crippen LogP contribution is 1.90. The van der Waals surface area contributed by atoms with Crippen molar-refractivity contribution in [2.45, 2.75) is 19.9 Å². The Bertz CT molecular complexity index is 255. The van der Waals surface area contributed by atoms with Gasteiger partial charge in [0, 0.05) is 18.0 Å². The van der Waals surface area contributed by atoms with E-state index in [0.717, 1.165) is 0 Å². The summed E-state index contributed by atoms with van der Waals surface area (Å²) in [6.07, 6.45) is 1.62. The Morgan fingerprint density at radius 1 is 1.38 bits per heavy atom. The van der Waals surface area contributed by atoms with Gasteiger partial charge in [0.1, 0.15) is 0 Å². The van der Waals surface area contributed by atoms with Crippen molar-refractivity contribution >= 4 is 10.0 Å². The van der Waals surface area contributed by atoms with Crippen LogP contribution in [0.1, 0.15) is 13.8 Å². The first kappa shape index (κ1) is 12.6. The van der Waals surface area contributed by atoms with E-state index in [4.69, 9.17) is 0 Å². The second kappa shape index (κ2) is 5.36. The molecule has 0 bridgehead atoms. The molecule has 0 aliphatic heterocycles. The molecule has 0 amide bonds. The van der Waals surface area contributed by atoms with Crippen LogP contribution in [0.2, 0.25) is 0 Å². The number of nitrogens with zero attached hydrogens (tertiary/aromatic N) is 1. The summed E-state index contributed by atoms with van der Waals surface area (Å²) < 4.78 is 24.9. The smallest absolute Gasteiger partial charge is 0.233 e. The molecule has 0 unspecified atom stereocenters. The lowest BCUT2D eigenvalue weighted by atomic mass is 10.4. The molecular formula is C8H18N2O2S. The predicted octanol–water partition coefficient (Wildman–Crippen LogP) is 0.389. The third kappa shape index (κ3) is 7.95. The second-order valence-electron chi connectivity index (χ2n) is 3.45. The van der Waals surface area contributed by atoms with Crippen LogP contribution in [0.4, 0.5) is 0 Å². The maximum Gasteiger partial charge on any atom is 0.233 e. The van der Waals surface area contributed by atoms with E-state index in [1.54, 1.807) is 19.9 Å². The van der Waals surface area contributed by atoms with Crippen LogP contribution < -0.4 is 4.72 Å². The zero-order valence-corrected chi connectivity index (χ0v) is 9.43. The highest BCUT2D eigenvalue weighted by molar-refractivity contribution is 7.92. The number of hydrogen-bond acceptors (Lipinski definition) is 3. The van der Waals surface area contributed by atoms with E-state index in [0.29, 0.717) is 6.54 Å². The van der Waals surface area contributed by atoms with E-state index in [-0.39, 0.29) is 6.04 Å². The molecule has 4 nitrogen and oxygen atoms in total. The van der Waals surface area contributed by atoms with Gasteiger partial charge < -0.3 is 4.90 Å². The first-order chi connectivity index (χ1) is 5.83. The Kier molecular flexibility index (Phi) is 5.20. The number of rotatable bonds is 5. The zero-order valence-electron chi connectivity index (χ0n) is 8.61. The fourth-order valence-electron chi connectivity index (χ4n) is 0.748. The van der Waals surface area contributed by atoms with Crippen molar-refractivity contribution < 1.29 is 8.42 Å². The number of sulfonamides is 1. The van der Waals surface area contributed by atoms with Crippen LogP contribution in [0, 0.1) is 0 Å². The van der Waals surface area contributed by atoms with Gasteiger partial charge in [0.2, 0.25) is 10.0 Å². The first-order valence-corrected chi connectivity index (χ1v) is 5.72. The van der Waals surface area contributed by atoms with Crippen molar-refractivity contribution in [3.8, 4) is 0 Å². The molecule has 0 aromatic rings. The quantitative estimate of drug-likeness (QED) is 0.708. The van der Waals surface area contributed by atoms with Crippen LogP contribution in [0.15, 0.2) is 11.5 Å². The van der Waals surface area contributed by atoms with Gasteiger partial charge in [0.15, 0.2) is 0 Å². The Balaban J connectivity index is 4.10. The summed E-state index contributed by atoms with van der Waals surface area (Å²) in [5.41, 5.74) is 0. The van der Waals surface area contributed by atoms with E-state index < -0.39 is 10.0 Å². The van der Waals surface area contributed by atoms with Crippen molar-refractivity contribution in [2.24, 2.45) is 0 Å². The zero-order chi connectivity index (χ0) is 10.5. The molecule has 0 rings (SSSR count). The van der Waals surface area contributed by atoms with Gasteiger partial charge in [0.05, 0.1) is 0 Å². The molecule has 13 heavy (non-hydrogen) atoms. The number of likely N-dealkylation sites (N-methyl/N-ethyl adjacent to an activating group) is 1. The Hall–Kier alpha value is -0.390. The Morgan fingerprint density at radius 3 is 2.31 bits per heavy atom. The van der Waals surface area contributed by atoms with Gasteiger partial charge in [-0.25, -0.2) is 13.1 Å². The normalized spacial score (nSPS) is 13.4. The SMILES string of the molecule is CC(C)NS(=O)(=O)/C=C/CN(C)C. The molecule has 0 heterocycles. The average Bonchev–Trinajstić information content (AvgIpc) is 1.81. The standard InChI is InChI=1S/C8H18N2O2S/c1-8(2)9-13(11,12)7-5-6-10(3)4/h5,7-9H,6H2,1-4H3/b7-5+. The minimum atomic E-state index is -3.23. The molecule has 0 aliphatic carbocycles. The van der Waals surface area contributed by atoms with Crippen molar-refractivity contribution in [1.29, 1.82) is 0 Å². The largest absolute Gasteiger partial charge is 0.306 e. The van der Waals surface area contributed by atoms with E-state index in [1.165, 1.54) is 5.41 Å². The van der Waals surface area contributed by atoms with Crippen LogP contribution in [0.3, 0.4) is 0 Å². The monoisotopic (exact) mass is 206 g/mol. The molecule has 0 aromatic heterocycles. The molecule has 1 N–H and O–H groups in total. The Labute approximate surface area is 80.7 Å². The predicted molar refractivity (Wildman–Crippen MR) is 54.9 cm³/mol. The molecule has 0 aromatic carbocycles. The average molecular weight is 206 g/mol. The molecule has 0 saturated heterocycles. The van der Waals surface area contributed by atoms with Gasteiger partial charge in [-0.3, -0.25) is 0 Å². The van der Waals surface area contributed by atoms with Gasteiger partial charge in [-0.2, -0.15) is 0 Å². The van der Waals surface area contributed by atoms with Crippen LogP contribution in [0.5, 0.6) is 0 Å². The van der Waals surface area contributed by atoms with Crippen molar-refractivity contribution in [3.63, 3.8) is 0 Å². The summed E-state index contributed by atoms with van der Waals surface area (Å²) in [6.45, 7) is 4.20. The number of nitrogens with one attached hydrogen (secondary N) is 1. The molecule has 78 valence electrons. The summed E-state index contributed by atoms with van der Waals surface area (Å²) in [6, 6.07) is -0.0611. The molecule has 0 radical (unpaired) electrons. The van der Waals surface area contributed by atoms with Crippen LogP contribution in [-0.4, -0.2) is 40.0 Å². The van der Waals surface area contributed by atoms with Crippen molar-refractivity contribution in [1.82, 2.24) is 9.62 Å². The summed E-state index contributed by atoms with van der Waals surface area (Å²) in [4.78, 5) is 1.89. The third-order valence-electron chi connectivity index (χ3n) is 1.15. The fraction of sp³-hybridized carbons (Fsp3) is 0.750. The van der Waals surface area contributed by atoms with E-state index in [2.05, 4.69) is 4.72 Å². The highest BCUT2D eigenvalue weighted by atomic mass is 32.2. The summed E-state index contributed by atoms with van der Waals surface area (Å²) >= 11 is 0. The molecule has 0 spiro atoms. The summed E-state index contributed by atoms with van der Waals surface area (Å²) in [5, 5.41) is 1.20. The van der Waals surface area contributed by atoms with Gasteiger partial charge in [-0.1, -0.05) is 6.08 Å². The van der Waals surface area contributed by atoms with Gasteiger partial charge >= 0.3 is 0 Å². The third-order valence-corrected chi connectivity index (χ3v) is 2.50. The minimum absolute atomic E-state index is 0.0611. The van der Waals surface area contributed by atoms with Crippen molar-refractivity contribution in [3.05, 3.63) is 11.5 Å². The van der Waals surface area contributed by atoms with E-state index in [1.807, 2.05) is 19.0 Å². The molecule has 5 heteroatoms. The fourth-order valence-corrected chi connectivity index (χ4v) is 1.82. The first-order valence-electron chi connectivity index (χ1n) is 4.17. The summed E-state index contributed by atoms with van der Waals surface area (Å²) in [5.74, 6) is 0. The van der Waals surface area contributed by atoms with Crippen LogP contribution in [0.25, 0.3) is 0 Å². The van der Waals surface area contributed by atoms with Crippen LogP contribution in [-0.2, 0) is 10.0 Å². The lowest BCUT2D eigenvalue weighted by Crippen LogP contribution is -2.28. The Morgan fingerprint density at radius 2 is 1.92 bits per heavy atom. The second-order valence-corrected chi connectivity index (χ2v) is 5.05.